The second-order valence-electron chi connectivity index (χ2n) is 7.23. The highest BCUT2D eigenvalue weighted by Crippen LogP contribution is 2.32. The van der Waals surface area contributed by atoms with Crippen LogP contribution in [0.4, 0.5) is 13.2 Å². The van der Waals surface area contributed by atoms with Crippen molar-refractivity contribution in [2.45, 2.75) is 44.4 Å². The maximum absolute atomic E-state index is 13.3. The molecule has 0 fully saturated rings. The molecule has 2 aromatic carbocycles. The Balaban J connectivity index is 2.61. The molecule has 1 amide bonds. The second kappa shape index (κ2) is 9.15. The number of nitrogens with one attached hydrogen (secondary N) is 1. The van der Waals surface area contributed by atoms with E-state index in [-0.39, 0.29) is 6.54 Å². The highest BCUT2D eigenvalue weighted by atomic mass is 32.2. The van der Waals surface area contributed by atoms with E-state index >= 15 is 0 Å². The van der Waals surface area contributed by atoms with Crippen molar-refractivity contribution in [3.63, 3.8) is 0 Å². The molecule has 0 saturated heterocycles. The SMILES string of the molecule is Cc1ccc(CN([C@H](C(=O)NO)C(C)C)S(=O)(=O)c2cccc(C(F)(F)F)c2)cc1. The summed E-state index contributed by atoms with van der Waals surface area (Å²) in [6.45, 7) is 4.72. The van der Waals surface area contributed by atoms with E-state index in [1.165, 1.54) is 5.48 Å². The Morgan fingerprint density at radius 2 is 1.73 bits per heavy atom. The minimum absolute atomic E-state index is 0.269. The van der Waals surface area contributed by atoms with Gasteiger partial charge in [-0.1, -0.05) is 49.7 Å². The number of benzene rings is 2. The van der Waals surface area contributed by atoms with E-state index in [2.05, 4.69) is 0 Å². The molecule has 0 radical (unpaired) electrons. The van der Waals surface area contributed by atoms with Crippen LogP contribution < -0.4 is 5.48 Å². The minimum atomic E-state index is -4.73. The van der Waals surface area contributed by atoms with E-state index in [1.807, 2.05) is 6.92 Å². The summed E-state index contributed by atoms with van der Waals surface area (Å²) >= 11 is 0. The fourth-order valence-corrected chi connectivity index (χ4v) is 4.76. The van der Waals surface area contributed by atoms with Crippen molar-refractivity contribution in [3.8, 4) is 0 Å². The molecule has 0 unspecified atom stereocenters. The van der Waals surface area contributed by atoms with Crippen LogP contribution in [-0.2, 0) is 27.5 Å². The Hall–Kier alpha value is -2.43. The van der Waals surface area contributed by atoms with Gasteiger partial charge in [0, 0.05) is 6.54 Å². The van der Waals surface area contributed by atoms with E-state index in [0.717, 1.165) is 28.1 Å². The number of amides is 1. The van der Waals surface area contributed by atoms with Crippen molar-refractivity contribution in [3.05, 3.63) is 65.2 Å². The van der Waals surface area contributed by atoms with Gasteiger partial charge in [0.05, 0.1) is 10.5 Å². The lowest BCUT2D eigenvalue weighted by Crippen LogP contribution is -2.51. The van der Waals surface area contributed by atoms with E-state index in [9.17, 15) is 26.4 Å². The summed E-state index contributed by atoms with van der Waals surface area (Å²) in [5.41, 5.74) is 1.80. The summed E-state index contributed by atoms with van der Waals surface area (Å²) in [5, 5.41) is 9.12. The number of carbonyl (C=O) groups excluding carboxylic acids is 1. The molecular formula is C20H23F3N2O4S. The fraction of sp³-hybridized carbons (Fsp3) is 0.350. The molecule has 0 aliphatic carbocycles. The van der Waals surface area contributed by atoms with Gasteiger partial charge in [0.15, 0.2) is 0 Å². The van der Waals surface area contributed by atoms with Crippen LogP contribution in [-0.4, -0.2) is 29.9 Å². The van der Waals surface area contributed by atoms with E-state index in [4.69, 9.17) is 5.21 Å². The van der Waals surface area contributed by atoms with Crippen LogP contribution in [0.25, 0.3) is 0 Å². The number of aryl methyl sites for hydroxylation is 1. The molecule has 0 aliphatic heterocycles. The summed E-state index contributed by atoms with van der Waals surface area (Å²) in [7, 11) is -4.53. The summed E-state index contributed by atoms with van der Waals surface area (Å²) in [5.74, 6) is -1.56. The third-order valence-corrected chi connectivity index (χ3v) is 6.37. The van der Waals surface area contributed by atoms with Crippen molar-refractivity contribution in [2.24, 2.45) is 5.92 Å². The molecule has 2 aromatic rings. The van der Waals surface area contributed by atoms with E-state index in [1.54, 1.807) is 38.1 Å². The zero-order valence-corrected chi connectivity index (χ0v) is 17.5. The fourth-order valence-electron chi connectivity index (χ4n) is 3.01. The van der Waals surface area contributed by atoms with Crippen LogP contribution >= 0.6 is 0 Å². The lowest BCUT2D eigenvalue weighted by Gasteiger charge is -2.32. The van der Waals surface area contributed by atoms with E-state index < -0.39 is 44.5 Å². The van der Waals surface area contributed by atoms with Crippen molar-refractivity contribution >= 4 is 15.9 Å². The van der Waals surface area contributed by atoms with Crippen molar-refractivity contribution in [1.29, 1.82) is 0 Å². The number of halogens is 3. The van der Waals surface area contributed by atoms with Gasteiger partial charge >= 0.3 is 6.18 Å². The van der Waals surface area contributed by atoms with Gasteiger partial charge in [-0.3, -0.25) is 10.0 Å². The topological polar surface area (TPSA) is 86.7 Å². The largest absolute Gasteiger partial charge is 0.416 e. The van der Waals surface area contributed by atoms with E-state index in [0.29, 0.717) is 11.6 Å². The molecule has 0 aromatic heterocycles. The Morgan fingerprint density at radius 3 is 2.23 bits per heavy atom. The van der Waals surface area contributed by atoms with Crippen molar-refractivity contribution < 1.29 is 31.6 Å². The van der Waals surface area contributed by atoms with Gasteiger partial charge in [0.25, 0.3) is 5.91 Å². The minimum Gasteiger partial charge on any atom is -0.289 e. The molecule has 30 heavy (non-hydrogen) atoms. The highest BCUT2D eigenvalue weighted by Gasteiger charge is 2.39. The van der Waals surface area contributed by atoms with Crippen LogP contribution in [0.15, 0.2) is 53.4 Å². The molecule has 2 N–H and O–H groups in total. The van der Waals surface area contributed by atoms with Gasteiger partial charge in [-0.2, -0.15) is 17.5 Å². The summed E-state index contributed by atoms with van der Waals surface area (Å²) in [4.78, 5) is 11.7. The predicted octanol–water partition coefficient (Wildman–Crippen LogP) is 3.73. The molecule has 0 bridgehead atoms. The molecule has 0 heterocycles. The molecule has 10 heteroatoms. The maximum Gasteiger partial charge on any atom is 0.416 e. The normalized spacial score (nSPS) is 13.5. The summed E-state index contributed by atoms with van der Waals surface area (Å²) < 4.78 is 66.8. The number of nitrogens with zero attached hydrogens (tertiary/aromatic N) is 1. The van der Waals surface area contributed by atoms with Crippen LogP contribution in [0.3, 0.4) is 0 Å². The Kier molecular flexibility index (Phi) is 7.27. The van der Waals surface area contributed by atoms with Gasteiger partial charge < -0.3 is 0 Å². The second-order valence-corrected chi connectivity index (χ2v) is 9.12. The van der Waals surface area contributed by atoms with Gasteiger partial charge in [-0.15, -0.1) is 0 Å². The Labute approximate surface area is 173 Å². The molecule has 0 aliphatic rings. The third-order valence-electron chi connectivity index (χ3n) is 4.55. The monoisotopic (exact) mass is 444 g/mol. The Bertz CT molecular complexity index is 990. The number of alkyl halides is 3. The first-order valence-electron chi connectivity index (χ1n) is 9.06. The van der Waals surface area contributed by atoms with Crippen LogP contribution in [0.5, 0.6) is 0 Å². The molecule has 164 valence electrons. The lowest BCUT2D eigenvalue weighted by molar-refractivity contribution is -0.138. The molecule has 6 nitrogen and oxygen atoms in total. The number of rotatable bonds is 7. The predicted molar refractivity (Wildman–Crippen MR) is 104 cm³/mol. The number of hydrogen-bond donors (Lipinski definition) is 2. The van der Waals surface area contributed by atoms with Crippen LogP contribution in [0.2, 0.25) is 0 Å². The molecular weight excluding hydrogens is 421 g/mol. The van der Waals surface area contributed by atoms with Gasteiger partial charge in [0.2, 0.25) is 10.0 Å². The smallest absolute Gasteiger partial charge is 0.289 e. The summed E-state index contributed by atoms with van der Waals surface area (Å²) in [6, 6.07) is 8.82. The number of carbonyl (C=O) groups is 1. The number of sulfonamides is 1. The quantitative estimate of drug-likeness (QED) is 0.503. The average molecular weight is 444 g/mol. The maximum atomic E-state index is 13.3. The molecule has 0 spiro atoms. The molecule has 1 atom stereocenters. The number of hydrogen-bond acceptors (Lipinski definition) is 4. The standard InChI is InChI=1S/C20H23F3N2O4S/c1-13(2)18(19(26)24-27)25(12-15-9-7-14(3)8-10-15)30(28,29)17-6-4-5-16(11-17)20(21,22)23/h4-11,13,18,27H,12H2,1-3H3,(H,24,26)/t18-/m0/s1. The first-order chi connectivity index (χ1) is 13.9. The number of hydroxylamine groups is 1. The van der Waals surface area contributed by atoms with Gasteiger partial charge in [-0.25, -0.2) is 13.9 Å². The van der Waals surface area contributed by atoms with Gasteiger partial charge in [-0.05, 0) is 36.6 Å². The van der Waals surface area contributed by atoms with Crippen molar-refractivity contribution in [1.82, 2.24) is 9.79 Å². The lowest BCUT2D eigenvalue weighted by atomic mass is 10.0. The summed E-state index contributed by atoms with van der Waals surface area (Å²) in [6.07, 6.45) is -4.73. The van der Waals surface area contributed by atoms with Crippen LogP contribution in [0.1, 0.15) is 30.5 Å². The van der Waals surface area contributed by atoms with Gasteiger partial charge in [0.1, 0.15) is 6.04 Å². The highest BCUT2D eigenvalue weighted by molar-refractivity contribution is 7.89. The first kappa shape index (κ1) is 23.8. The first-order valence-corrected chi connectivity index (χ1v) is 10.5. The molecule has 0 saturated carbocycles. The average Bonchev–Trinajstić information content (AvgIpc) is 2.68. The molecule has 2 rings (SSSR count). The zero-order chi connectivity index (χ0) is 22.7. The third kappa shape index (κ3) is 5.38. The Morgan fingerprint density at radius 1 is 1.13 bits per heavy atom. The van der Waals surface area contributed by atoms with Crippen molar-refractivity contribution in [2.75, 3.05) is 0 Å². The zero-order valence-electron chi connectivity index (χ0n) is 16.6. The van der Waals surface area contributed by atoms with Crippen LogP contribution in [0, 0.1) is 12.8 Å².